The minimum Gasteiger partial charge on any atom is -0.462 e. The first-order chi connectivity index (χ1) is 29.0. The molecule has 0 aromatic carbocycles. The van der Waals surface area contributed by atoms with Crippen molar-refractivity contribution >= 4 is 17.9 Å². The van der Waals surface area contributed by atoms with Crippen LogP contribution in [-0.4, -0.2) is 37.2 Å². The van der Waals surface area contributed by atoms with Gasteiger partial charge in [0.05, 0.1) is 0 Å². The molecule has 0 aromatic rings. The Kier molecular flexibility index (Phi) is 45.4. The maximum atomic E-state index is 12.7. The molecule has 0 saturated heterocycles. The highest BCUT2D eigenvalue weighted by atomic mass is 16.6. The van der Waals surface area contributed by atoms with Crippen LogP contribution >= 0.6 is 0 Å². The molecule has 0 fully saturated rings. The van der Waals surface area contributed by atoms with Gasteiger partial charge in [-0.15, -0.1) is 0 Å². The molecule has 0 aliphatic carbocycles. The van der Waals surface area contributed by atoms with Crippen LogP contribution in [-0.2, 0) is 28.6 Å². The second kappa shape index (κ2) is 47.8. The van der Waals surface area contributed by atoms with Crippen molar-refractivity contribution in [1.82, 2.24) is 0 Å². The molecule has 0 rings (SSSR count). The van der Waals surface area contributed by atoms with E-state index < -0.39 is 6.10 Å². The molecule has 6 heteroatoms. The van der Waals surface area contributed by atoms with E-state index in [0.717, 1.165) is 103 Å². The lowest BCUT2D eigenvalue weighted by Gasteiger charge is -2.18. The fourth-order valence-corrected chi connectivity index (χ4v) is 6.68. The predicted molar refractivity (Wildman–Crippen MR) is 251 cm³/mol. The average molecular weight is 825 g/mol. The van der Waals surface area contributed by atoms with Crippen LogP contribution in [0, 0.1) is 0 Å². The summed E-state index contributed by atoms with van der Waals surface area (Å²) < 4.78 is 16.7. The van der Waals surface area contributed by atoms with Gasteiger partial charge < -0.3 is 14.2 Å². The molecule has 1 unspecified atom stereocenters. The van der Waals surface area contributed by atoms with Gasteiger partial charge in [0.25, 0.3) is 0 Å². The van der Waals surface area contributed by atoms with Gasteiger partial charge in [0.15, 0.2) is 6.10 Å². The third-order valence-corrected chi connectivity index (χ3v) is 10.4. The van der Waals surface area contributed by atoms with Crippen molar-refractivity contribution in [3.63, 3.8) is 0 Å². The number of allylic oxidation sites excluding steroid dienone is 10. The Morgan fingerprint density at radius 1 is 0.339 bits per heavy atom. The standard InChI is InChI=1S/C53H92O6/c1-4-7-10-13-16-19-22-24-25-26-27-28-29-30-32-34-37-40-43-46-52(55)58-49-50(48-57-51(54)45-42-39-36-33-21-18-15-12-9-6-3)59-53(56)47-44-41-38-35-31-23-20-17-14-11-8-5-2/h12,15-17,19-20,24-25,27-28,50H,4-11,13-14,18,21-23,26,29-49H2,1-3H3/b15-12-,19-16-,20-17-,25-24-,28-27-. The molecule has 0 amide bonds. The fourth-order valence-electron chi connectivity index (χ4n) is 6.68. The molecule has 0 aromatic heterocycles. The Labute approximate surface area is 364 Å². The van der Waals surface area contributed by atoms with Crippen molar-refractivity contribution in [2.24, 2.45) is 0 Å². The summed E-state index contributed by atoms with van der Waals surface area (Å²) in [6.45, 7) is 6.49. The van der Waals surface area contributed by atoms with Crippen molar-refractivity contribution in [2.75, 3.05) is 13.2 Å². The summed E-state index contributed by atoms with van der Waals surface area (Å²) in [5.74, 6) is -0.919. The van der Waals surface area contributed by atoms with Crippen LogP contribution in [0.15, 0.2) is 60.8 Å². The summed E-state index contributed by atoms with van der Waals surface area (Å²) in [7, 11) is 0. The molecular weight excluding hydrogens is 733 g/mol. The summed E-state index contributed by atoms with van der Waals surface area (Å²) in [6, 6.07) is 0. The minimum absolute atomic E-state index is 0.0867. The normalized spacial score (nSPS) is 12.5. The van der Waals surface area contributed by atoms with Crippen molar-refractivity contribution in [3.05, 3.63) is 60.8 Å². The summed E-state index contributed by atoms with van der Waals surface area (Å²) in [5, 5.41) is 0. The molecule has 0 spiro atoms. The molecule has 0 aliphatic rings. The third-order valence-electron chi connectivity index (χ3n) is 10.4. The van der Waals surface area contributed by atoms with Crippen molar-refractivity contribution in [3.8, 4) is 0 Å². The van der Waals surface area contributed by atoms with Gasteiger partial charge in [-0.05, 0) is 103 Å². The molecule has 0 bridgehead atoms. The van der Waals surface area contributed by atoms with E-state index in [4.69, 9.17) is 14.2 Å². The highest BCUT2D eigenvalue weighted by Crippen LogP contribution is 2.13. The van der Waals surface area contributed by atoms with E-state index in [1.165, 1.54) is 96.3 Å². The SMILES string of the molecule is CCC/C=C\CCCCCCCC(=O)OCC(COC(=O)CCCCCCCC/C=C\C/C=C\C/C=C\CCCCC)OC(=O)CCCCCCC/C=C\CCCCC. The summed E-state index contributed by atoms with van der Waals surface area (Å²) in [6.07, 6.45) is 57.7. The second-order valence-corrected chi connectivity index (χ2v) is 16.4. The summed E-state index contributed by atoms with van der Waals surface area (Å²) >= 11 is 0. The second-order valence-electron chi connectivity index (χ2n) is 16.4. The molecule has 59 heavy (non-hydrogen) atoms. The van der Waals surface area contributed by atoms with Gasteiger partial charge in [-0.25, -0.2) is 0 Å². The van der Waals surface area contributed by atoms with Crippen molar-refractivity contribution in [2.45, 2.75) is 245 Å². The maximum absolute atomic E-state index is 12.7. The number of carbonyl (C=O) groups excluding carboxylic acids is 3. The Bertz CT molecular complexity index is 1090. The molecule has 0 aliphatic heterocycles. The number of ether oxygens (including phenoxy) is 3. The van der Waals surface area contributed by atoms with E-state index in [1.54, 1.807) is 0 Å². The van der Waals surface area contributed by atoms with E-state index in [0.29, 0.717) is 19.3 Å². The Morgan fingerprint density at radius 2 is 0.644 bits per heavy atom. The average Bonchev–Trinajstić information content (AvgIpc) is 3.23. The number of unbranched alkanes of at least 4 members (excludes halogenated alkanes) is 23. The quantitative estimate of drug-likeness (QED) is 0.0263. The monoisotopic (exact) mass is 825 g/mol. The lowest BCUT2D eigenvalue weighted by atomic mass is 10.1. The van der Waals surface area contributed by atoms with Crippen LogP contribution < -0.4 is 0 Å². The smallest absolute Gasteiger partial charge is 0.306 e. The molecule has 6 nitrogen and oxygen atoms in total. The van der Waals surface area contributed by atoms with E-state index >= 15 is 0 Å². The van der Waals surface area contributed by atoms with Gasteiger partial charge in [0, 0.05) is 19.3 Å². The molecule has 0 heterocycles. The van der Waals surface area contributed by atoms with Crippen molar-refractivity contribution in [1.29, 1.82) is 0 Å². The Morgan fingerprint density at radius 3 is 1.03 bits per heavy atom. The number of rotatable bonds is 44. The number of esters is 3. The van der Waals surface area contributed by atoms with Crippen LogP contribution in [0.25, 0.3) is 0 Å². The van der Waals surface area contributed by atoms with Gasteiger partial charge in [-0.1, -0.05) is 178 Å². The van der Waals surface area contributed by atoms with Crippen LogP contribution in [0.4, 0.5) is 0 Å². The van der Waals surface area contributed by atoms with Crippen molar-refractivity contribution < 1.29 is 28.6 Å². The fraction of sp³-hybridized carbons (Fsp3) is 0.755. The van der Waals surface area contributed by atoms with Gasteiger partial charge in [-0.2, -0.15) is 0 Å². The third kappa shape index (κ3) is 46.0. The van der Waals surface area contributed by atoms with Gasteiger partial charge >= 0.3 is 17.9 Å². The number of hydrogen-bond acceptors (Lipinski definition) is 6. The highest BCUT2D eigenvalue weighted by molar-refractivity contribution is 5.71. The predicted octanol–water partition coefficient (Wildman–Crippen LogP) is 16.1. The maximum Gasteiger partial charge on any atom is 0.306 e. The van der Waals surface area contributed by atoms with E-state index in [-0.39, 0.29) is 31.1 Å². The first-order valence-electron chi connectivity index (χ1n) is 24.8. The lowest BCUT2D eigenvalue weighted by Crippen LogP contribution is -2.30. The first kappa shape index (κ1) is 56.1. The molecular formula is C53H92O6. The zero-order valence-corrected chi connectivity index (χ0v) is 38.8. The zero-order valence-electron chi connectivity index (χ0n) is 38.8. The molecule has 0 saturated carbocycles. The molecule has 0 N–H and O–H groups in total. The Hall–Kier alpha value is -2.89. The zero-order chi connectivity index (χ0) is 43.0. The minimum atomic E-state index is -0.785. The molecule has 0 radical (unpaired) electrons. The molecule has 340 valence electrons. The number of hydrogen-bond donors (Lipinski definition) is 0. The van der Waals surface area contributed by atoms with Gasteiger partial charge in [0.2, 0.25) is 0 Å². The first-order valence-corrected chi connectivity index (χ1v) is 24.8. The summed E-state index contributed by atoms with van der Waals surface area (Å²) in [5.41, 5.74) is 0. The van der Waals surface area contributed by atoms with Crippen LogP contribution in [0.3, 0.4) is 0 Å². The van der Waals surface area contributed by atoms with E-state index in [2.05, 4.69) is 81.5 Å². The summed E-state index contributed by atoms with van der Waals surface area (Å²) in [4.78, 5) is 37.8. The largest absolute Gasteiger partial charge is 0.462 e. The Balaban J connectivity index is 4.36. The topological polar surface area (TPSA) is 78.9 Å². The van der Waals surface area contributed by atoms with Crippen LogP contribution in [0.5, 0.6) is 0 Å². The molecule has 1 atom stereocenters. The van der Waals surface area contributed by atoms with Crippen LogP contribution in [0.1, 0.15) is 239 Å². The van der Waals surface area contributed by atoms with Gasteiger partial charge in [0.1, 0.15) is 13.2 Å². The van der Waals surface area contributed by atoms with Gasteiger partial charge in [-0.3, -0.25) is 14.4 Å². The lowest BCUT2D eigenvalue weighted by molar-refractivity contribution is -0.167. The van der Waals surface area contributed by atoms with E-state index in [9.17, 15) is 14.4 Å². The highest BCUT2D eigenvalue weighted by Gasteiger charge is 2.19. The number of carbonyl (C=O) groups is 3. The van der Waals surface area contributed by atoms with E-state index in [1.807, 2.05) is 0 Å². The van der Waals surface area contributed by atoms with Crippen LogP contribution in [0.2, 0.25) is 0 Å².